The summed E-state index contributed by atoms with van der Waals surface area (Å²) in [5.74, 6) is -0.195. The van der Waals surface area contributed by atoms with Crippen molar-refractivity contribution >= 4 is 10.9 Å². The summed E-state index contributed by atoms with van der Waals surface area (Å²) in [6.07, 6.45) is 1.01. The van der Waals surface area contributed by atoms with Crippen LogP contribution in [0.2, 0.25) is 0 Å². The first-order valence-electron chi connectivity index (χ1n) is 10.8. The Balaban J connectivity index is 1.55. The zero-order valence-electron chi connectivity index (χ0n) is 17.5. The van der Waals surface area contributed by atoms with Gasteiger partial charge in [0.25, 0.3) is 0 Å². The number of benzene rings is 3. The second-order valence-electron chi connectivity index (χ2n) is 8.43. The summed E-state index contributed by atoms with van der Waals surface area (Å²) in [7, 11) is 0. The van der Waals surface area contributed by atoms with Crippen LogP contribution in [0.3, 0.4) is 0 Å². The Morgan fingerprint density at radius 1 is 0.806 bits per heavy atom. The van der Waals surface area contributed by atoms with Crippen molar-refractivity contribution in [2.45, 2.75) is 26.4 Å². The van der Waals surface area contributed by atoms with Gasteiger partial charge in [0.1, 0.15) is 5.82 Å². The highest BCUT2D eigenvalue weighted by Crippen LogP contribution is 2.40. The number of hydrogen-bond acceptors (Lipinski definition) is 0. The molecular formula is C28H23FN2. The van der Waals surface area contributed by atoms with Crippen molar-refractivity contribution in [2.75, 3.05) is 0 Å². The van der Waals surface area contributed by atoms with Crippen molar-refractivity contribution in [2.24, 2.45) is 0 Å². The summed E-state index contributed by atoms with van der Waals surface area (Å²) in [6.45, 7) is 3.82. The standard InChI is InChI=1S/C28H23FN2/c1-19-6-10-21(11-7-19)25-14-15-27-28-24(16-17-30(25)27)23-4-2-3-5-26(23)31(28)18-20-8-12-22(29)13-9-20/h2-15H,16-18H2,1H3. The monoisotopic (exact) mass is 406 g/mol. The van der Waals surface area contributed by atoms with Crippen LogP contribution in [0, 0.1) is 12.7 Å². The number of para-hydroxylation sites is 1. The molecule has 3 heteroatoms. The number of hydrogen-bond donors (Lipinski definition) is 0. The predicted molar refractivity (Wildman–Crippen MR) is 125 cm³/mol. The summed E-state index contributed by atoms with van der Waals surface area (Å²) < 4.78 is 18.3. The molecule has 0 fully saturated rings. The van der Waals surface area contributed by atoms with Crippen LogP contribution in [0.1, 0.15) is 16.7 Å². The normalized spacial score (nSPS) is 12.7. The molecule has 5 aromatic rings. The topological polar surface area (TPSA) is 9.86 Å². The zero-order chi connectivity index (χ0) is 20.9. The van der Waals surface area contributed by atoms with E-state index in [1.54, 1.807) is 12.1 Å². The maximum Gasteiger partial charge on any atom is 0.123 e. The molecule has 0 atom stereocenters. The molecule has 31 heavy (non-hydrogen) atoms. The van der Waals surface area contributed by atoms with E-state index in [1.165, 1.54) is 44.7 Å². The van der Waals surface area contributed by atoms with Gasteiger partial charge >= 0.3 is 0 Å². The highest BCUT2D eigenvalue weighted by molar-refractivity contribution is 5.92. The molecule has 6 rings (SSSR count). The van der Waals surface area contributed by atoms with E-state index in [4.69, 9.17) is 0 Å². The lowest BCUT2D eigenvalue weighted by Gasteiger charge is -2.22. The highest BCUT2D eigenvalue weighted by Gasteiger charge is 2.26. The Morgan fingerprint density at radius 2 is 1.55 bits per heavy atom. The second-order valence-corrected chi connectivity index (χ2v) is 8.43. The van der Waals surface area contributed by atoms with Crippen LogP contribution < -0.4 is 0 Å². The van der Waals surface area contributed by atoms with Crippen molar-refractivity contribution in [3.8, 4) is 22.6 Å². The maximum absolute atomic E-state index is 13.5. The smallest absolute Gasteiger partial charge is 0.123 e. The van der Waals surface area contributed by atoms with E-state index < -0.39 is 0 Å². The van der Waals surface area contributed by atoms with E-state index in [9.17, 15) is 4.39 Å². The number of halogens is 1. The maximum atomic E-state index is 13.5. The van der Waals surface area contributed by atoms with Gasteiger partial charge in [0.05, 0.1) is 11.4 Å². The molecule has 0 spiro atoms. The van der Waals surface area contributed by atoms with Crippen molar-refractivity contribution in [1.82, 2.24) is 9.13 Å². The van der Waals surface area contributed by atoms with Crippen LogP contribution in [0.15, 0.2) is 84.9 Å². The average molecular weight is 407 g/mol. The minimum Gasteiger partial charge on any atom is -0.339 e. The Kier molecular flexibility index (Phi) is 4.10. The van der Waals surface area contributed by atoms with Gasteiger partial charge in [-0.3, -0.25) is 0 Å². The minimum atomic E-state index is -0.195. The molecule has 2 nitrogen and oxygen atoms in total. The van der Waals surface area contributed by atoms with E-state index in [1.807, 2.05) is 12.1 Å². The van der Waals surface area contributed by atoms with Gasteiger partial charge in [-0.2, -0.15) is 0 Å². The molecule has 0 amide bonds. The summed E-state index contributed by atoms with van der Waals surface area (Å²) in [5.41, 5.74) is 10.1. The molecule has 0 saturated carbocycles. The molecule has 3 aromatic carbocycles. The van der Waals surface area contributed by atoms with Crippen molar-refractivity contribution < 1.29 is 4.39 Å². The fourth-order valence-electron chi connectivity index (χ4n) is 4.97. The molecule has 2 aromatic heterocycles. The molecule has 0 N–H and O–H groups in total. The number of aryl methyl sites for hydroxylation is 2. The number of aromatic nitrogens is 2. The lowest BCUT2D eigenvalue weighted by atomic mass is 10.0. The van der Waals surface area contributed by atoms with E-state index >= 15 is 0 Å². The third kappa shape index (κ3) is 2.92. The Labute approximate surface area is 181 Å². The number of rotatable bonds is 3. The first-order chi connectivity index (χ1) is 15.2. The highest BCUT2D eigenvalue weighted by atomic mass is 19.1. The largest absolute Gasteiger partial charge is 0.339 e. The van der Waals surface area contributed by atoms with Gasteiger partial charge < -0.3 is 9.13 Å². The van der Waals surface area contributed by atoms with Gasteiger partial charge in [0, 0.05) is 29.7 Å². The summed E-state index contributed by atoms with van der Waals surface area (Å²) in [4.78, 5) is 0. The first-order valence-corrected chi connectivity index (χ1v) is 10.8. The van der Waals surface area contributed by atoms with Crippen molar-refractivity contribution in [3.05, 3.63) is 107 Å². The minimum absolute atomic E-state index is 0.195. The van der Waals surface area contributed by atoms with Gasteiger partial charge in [-0.25, -0.2) is 4.39 Å². The molecule has 3 heterocycles. The van der Waals surface area contributed by atoms with Crippen LogP contribution in [0.5, 0.6) is 0 Å². The van der Waals surface area contributed by atoms with Crippen LogP contribution in [0.4, 0.5) is 4.39 Å². The molecule has 0 saturated heterocycles. The van der Waals surface area contributed by atoms with Crippen molar-refractivity contribution in [1.29, 1.82) is 0 Å². The lowest BCUT2D eigenvalue weighted by molar-refractivity contribution is 0.626. The molecule has 0 aliphatic carbocycles. The van der Waals surface area contributed by atoms with E-state index in [0.29, 0.717) is 0 Å². The molecule has 1 aliphatic rings. The Hall–Kier alpha value is -3.59. The Bertz CT molecular complexity index is 1400. The summed E-state index contributed by atoms with van der Waals surface area (Å²) in [5, 5.41) is 1.32. The van der Waals surface area contributed by atoms with Crippen LogP contribution >= 0.6 is 0 Å². The van der Waals surface area contributed by atoms with Gasteiger partial charge in [-0.05, 0) is 60.4 Å². The number of nitrogens with zero attached hydrogens (tertiary/aromatic N) is 2. The molecule has 0 bridgehead atoms. The van der Waals surface area contributed by atoms with Gasteiger partial charge in [-0.1, -0.05) is 60.2 Å². The van der Waals surface area contributed by atoms with Gasteiger partial charge in [0.15, 0.2) is 0 Å². The third-order valence-corrected chi connectivity index (χ3v) is 6.49. The lowest BCUT2D eigenvalue weighted by Crippen LogP contribution is -2.14. The van der Waals surface area contributed by atoms with Crippen LogP contribution in [-0.2, 0) is 19.5 Å². The van der Waals surface area contributed by atoms with E-state index in [2.05, 4.69) is 76.7 Å². The molecule has 0 unspecified atom stereocenters. The Morgan fingerprint density at radius 3 is 2.35 bits per heavy atom. The fraction of sp³-hybridized carbons (Fsp3) is 0.143. The van der Waals surface area contributed by atoms with E-state index in [-0.39, 0.29) is 5.82 Å². The second kappa shape index (κ2) is 6.98. The van der Waals surface area contributed by atoms with Gasteiger partial charge in [0.2, 0.25) is 0 Å². The predicted octanol–water partition coefficient (Wildman–Crippen LogP) is 6.83. The van der Waals surface area contributed by atoms with Crippen LogP contribution in [-0.4, -0.2) is 9.13 Å². The van der Waals surface area contributed by atoms with E-state index in [0.717, 1.165) is 25.1 Å². The first kappa shape index (κ1) is 18.2. The SMILES string of the molecule is Cc1ccc(-c2ccc3n2CCc2c-3n(Cc3ccc(F)cc3)c3ccccc23)cc1. The molecular weight excluding hydrogens is 383 g/mol. The average Bonchev–Trinajstić information content (AvgIpc) is 3.36. The summed E-state index contributed by atoms with van der Waals surface area (Å²) >= 11 is 0. The quantitative estimate of drug-likeness (QED) is 0.311. The fourth-order valence-corrected chi connectivity index (χ4v) is 4.97. The number of fused-ring (bicyclic) bond motifs is 5. The van der Waals surface area contributed by atoms with Crippen molar-refractivity contribution in [3.63, 3.8) is 0 Å². The third-order valence-electron chi connectivity index (χ3n) is 6.49. The molecule has 0 radical (unpaired) electrons. The molecule has 152 valence electrons. The van der Waals surface area contributed by atoms with Gasteiger partial charge in [-0.15, -0.1) is 0 Å². The molecule has 1 aliphatic heterocycles. The zero-order valence-corrected chi connectivity index (χ0v) is 17.5. The summed E-state index contributed by atoms with van der Waals surface area (Å²) in [6, 6.07) is 28.8. The van der Waals surface area contributed by atoms with Crippen LogP contribution in [0.25, 0.3) is 33.5 Å².